The van der Waals surface area contributed by atoms with Gasteiger partial charge < -0.3 is 10.2 Å². The van der Waals surface area contributed by atoms with E-state index in [1.165, 1.54) is 31.0 Å². The summed E-state index contributed by atoms with van der Waals surface area (Å²) < 4.78 is 2.09. The van der Waals surface area contributed by atoms with Crippen LogP contribution in [0.4, 0.5) is 5.95 Å². The maximum absolute atomic E-state index is 12.7. The molecule has 0 radical (unpaired) electrons. The summed E-state index contributed by atoms with van der Waals surface area (Å²) >= 11 is 1.46. The van der Waals surface area contributed by atoms with Gasteiger partial charge in [-0.1, -0.05) is 36.9 Å². The molecular formula is C21H31N5OS. The Labute approximate surface area is 172 Å². The minimum atomic E-state index is -0.258. The van der Waals surface area contributed by atoms with Crippen LogP contribution in [-0.2, 0) is 4.79 Å². The van der Waals surface area contributed by atoms with E-state index in [0.717, 1.165) is 36.3 Å². The van der Waals surface area contributed by atoms with Gasteiger partial charge in [-0.05, 0) is 58.6 Å². The molecule has 1 fully saturated rings. The van der Waals surface area contributed by atoms with Crippen molar-refractivity contribution in [1.82, 2.24) is 20.1 Å². The number of rotatable bonds is 7. The van der Waals surface area contributed by atoms with E-state index < -0.39 is 0 Å². The van der Waals surface area contributed by atoms with Crippen LogP contribution < -0.4 is 10.2 Å². The first kappa shape index (κ1) is 20.7. The first-order valence-corrected chi connectivity index (χ1v) is 11.0. The third-order valence-electron chi connectivity index (χ3n) is 5.27. The van der Waals surface area contributed by atoms with Gasteiger partial charge in [-0.25, -0.2) is 0 Å². The van der Waals surface area contributed by atoms with Crippen molar-refractivity contribution in [3.8, 4) is 5.69 Å². The number of aromatic nitrogens is 3. The van der Waals surface area contributed by atoms with E-state index in [1.54, 1.807) is 0 Å². The van der Waals surface area contributed by atoms with Crippen molar-refractivity contribution in [1.29, 1.82) is 0 Å². The second-order valence-electron chi connectivity index (χ2n) is 7.99. The van der Waals surface area contributed by atoms with Crippen LogP contribution in [-0.4, -0.2) is 44.6 Å². The number of hydrogen-bond donors (Lipinski definition) is 1. The van der Waals surface area contributed by atoms with Crippen LogP contribution in [0.5, 0.6) is 0 Å². The number of thioether (sulfide) groups is 1. The Morgan fingerprint density at radius 2 is 1.86 bits per heavy atom. The Balaban J connectivity index is 1.86. The van der Waals surface area contributed by atoms with Gasteiger partial charge in [-0.15, -0.1) is 10.2 Å². The Morgan fingerprint density at radius 1 is 1.18 bits per heavy atom. The molecule has 0 bridgehead atoms. The summed E-state index contributed by atoms with van der Waals surface area (Å²) in [6.45, 7) is 10.1. The van der Waals surface area contributed by atoms with Crippen molar-refractivity contribution >= 4 is 23.6 Å². The van der Waals surface area contributed by atoms with Crippen molar-refractivity contribution in [2.75, 3.05) is 18.0 Å². The maximum atomic E-state index is 12.7. The Morgan fingerprint density at radius 3 is 2.50 bits per heavy atom. The molecule has 1 amide bonds. The lowest BCUT2D eigenvalue weighted by molar-refractivity contribution is -0.121. The second kappa shape index (κ2) is 8.99. The molecule has 1 aromatic heterocycles. The third kappa shape index (κ3) is 4.87. The van der Waals surface area contributed by atoms with E-state index in [2.05, 4.69) is 44.0 Å². The number of nitrogens with one attached hydrogen (secondary N) is 1. The van der Waals surface area contributed by atoms with E-state index in [9.17, 15) is 4.79 Å². The quantitative estimate of drug-likeness (QED) is 0.710. The van der Waals surface area contributed by atoms with Crippen molar-refractivity contribution in [3.05, 3.63) is 30.3 Å². The van der Waals surface area contributed by atoms with Gasteiger partial charge >= 0.3 is 0 Å². The average molecular weight is 402 g/mol. The van der Waals surface area contributed by atoms with Gasteiger partial charge in [0.15, 0.2) is 5.16 Å². The van der Waals surface area contributed by atoms with Crippen LogP contribution in [0.3, 0.4) is 0 Å². The summed E-state index contributed by atoms with van der Waals surface area (Å²) in [5.41, 5.74) is 0.815. The lowest BCUT2D eigenvalue weighted by Crippen LogP contribution is -2.46. The summed E-state index contributed by atoms with van der Waals surface area (Å²) in [5.74, 6) is 0.897. The molecule has 3 rings (SSSR count). The van der Waals surface area contributed by atoms with Crippen LogP contribution in [0.1, 0.15) is 53.4 Å². The standard InChI is InChI=1S/C21H31N5OS/c1-5-21(3,4)22-18(27)16(2)28-20-24-23-19(25-14-10-7-11-15-25)26(20)17-12-8-6-9-13-17/h6,8-9,12-13,16H,5,7,10-11,14-15H2,1-4H3,(H,22,27). The number of nitrogens with zero attached hydrogens (tertiary/aromatic N) is 4. The summed E-state index contributed by atoms with van der Waals surface area (Å²) in [6, 6.07) is 10.2. The van der Waals surface area contributed by atoms with Crippen LogP contribution in [0.15, 0.2) is 35.5 Å². The molecule has 1 aromatic carbocycles. The molecule has 1 atom stereocenters. The van der Waals surface area contributed by atoms with Crippen LogP contribution in [0.2, 0.25) is 0 Å². The number of benzene rings is 1. The maximum Gasteiger partial charge on any atom is 0.233 e. The lowest BCUT2D eigenvalue weighted by atomic mass is 10.0. The molecule has 1 unspecified atom stereocenters. The molecule has 0 saturated carbocycles. The molecule has 1 saturated heterocycles. The van der Waals surface area contributed by atoms with E-state index in [0.29, 0.717) is 0 Å². The first-order valence-electron chi connectivity index (χ1n) is 10.2. The summed E-state index contributed by atoms with van der Waals surface area (Å²) in [6.07, 6.45) is 4.50. The molecule has 28 heavy (non-hydrogen) atoms. The normalized spacial score (nSPS) is 16.1. The highest BCUT2D eigenvalue weighted by molar-refractivity contribution is 8.00. The predicted octanol–water partition coefficient (Wildman–Crippen LogP) is 4.04. The molecule has 0 aliphatic carbocycles. The summed E-state index contributed by atoms with van der Waals surface area (Å²) in [4.78, 5) is 15.0. The van der Waals surface area contributed by atoms with Gasteiger partial charge in [0, 0.05) is 18.6 Å². The van der Waals surface area contributed by atoms with Gasteiger partial charge in [-0.2, -0.15) is 0 Å². The molecule has 0 spiro atoms. The Hall–Kier alpha value is -2.02. The van der Waals surface area contributed by atoms with Gasteiger partial charge in [0.25, 0.3) is 0 Å². The van der Waals surface area contributed by atoms with Crippen LogP contribution in [0, 0.1) is 0 Å². The smallest absolute Gasteiger partial charge is 0.233 e. The van der Waals surface area contributed by atoms with E-state index in [4.69, 9.17) is 0 Å². The minimum absolute atomic E-state index is 0.0268. The average Bonchev–Trinajstić information content (AvgIpc) is 3.12. The van der Waals surface area contributed by atoms with Gasteiger partial charge in [0.2, 0.25) is 11.9 Å². The number of carbonyl (C=O) groups is 1. The van der Waals surface area contributed by atoms with E-state index in [-0.39, 0.29) is 16.7 Å². The fourth-order valence-corrected chi connectivity index (χ4v) is 4.04. The largest absolute Gasteiger partial charge is 0.350 e. The topological polar surface area (TPSA) is 63.1 Å². The molecule has 7 heteroatoms. The molecular weight excluding hydrogens is 370 g/mol. The van der Waals surface area contributed by atoms with Crippen molar-refractivity contribution in [2.24, 2.45) is 0 Å². The van der Waals surface area contributed by atoms with E-state index >= 15 is 0 Å². The zero-order valence-electron chi connectivity index (χ0n) is 17.3. The molecule has 1 aliphatic rings. The highest BCUT2D eigenvalue weighted by Crippen LogP contribution is 2.30. The zero-order chi connectivity index (χ0) is 20.1. The molecule has 152 valence electrons. The fraction of sp³-hybridized carbons (Fsp3) is 0.571. The van der Waals surface area contributed by atoms with Gasteiger partial charge in [0.1, 0.15) is 0 Å². The fourth-order valence-electron chi connectivity index (χ4n) is 3.18. The number of para-hydroxylation sites is 1. The van der Waals surface area contributed by atoms with Crippen molar-refractivity contribution in [3.63, 3.8) is 0 Å². The number of amides is 1. The van der Waals surface area contributed by atoms with Crippen molar-refractivity contribution < 1.29 is 4.79 Å². The monoisotopic (exact) mass is 401 g/mol. The number of carbonyl (C=O) groups excluding carboxylic acids is 1. The highest BCUT2D eigenvalue weighted by Gasteiger charge is 2.26. The Bertz CT molecular complexity index is 783. The summed E-state index contributed by atoms with van der Waals surface area (Å²) in [7, 11) is 0. The van der Waals surface area contributed by atoms with Gasteiger partial charge in [-0.3, -0.25) is 9.36 Å². The Kier molecular flexibility index (Phi) is 6.65. The van der Waals surface area contributed by atoms with Crippen LogP contribution >= 0.6 is 11.8 Å². The van der Waals surface area contributed by atoms with Crippen LogP contribution in [0.25, 0.3) is 5.69 Å². The molecule has 1 N–H and O–H groups in total. The van der Waals surface area contributed by atoms with Gasteiger partial charge in [0.05, 0.1) is 10.9 Å². The molecule has 2 aromatic rings. The highest BCUT2D eigenvalue weighted by atomic mass is 32.2. The third-order valence-corrected chi connectivity index (χ3v) is 6.31. The van der Waals surface area contributed by atoms with E-state index in [1.807, 2.05) is 39.0 Å². The molecule has 1 aliphatic heterocycles. The molecule has 6 nitrogen and oxygen atoms in total. The number of hydrogen-bond acceptors (Lipinski definition) is 5. The lowest BCUT2D eigenvalue weighted by Gasteiger charge is -2.28. The SMILES string of the molecule is CCC(C)(C)NC(=O)C(C)Sc1nnc(N2CCCCC2)n1-c1ccccc1. The van der Waals surface area contributed by atoms with Crippen molar-refractivity contribution in [2.45, 2.75) is 69.3 Å². The number of anilines is 1. The minimum Gasteiger partial charge on any atom is -0.350 e. The zero-order valence-corrected chi connectivity index (χ0v) is 18.1. The summed E-state index contributed by atoms with van der Waals surface area (Å²) in [5, 5.41) is 12.6. The number of piperidine rings is 1. The second-order valence-corrected chi connectivity index (χ2v) is 9.30. The first-order chi connectivity index (χ1) is 13.4. The predicted molar refractivity (Wildman–Crippen MR) is 115 cm³/mol. The molecule has 2 heterocycles.